The van der Waals surface area contributed by atoms with E-state index in [1.807, 2.05) is 6.92 Å². The summed E-state index contributed by atoms with van der Waals surface area (Å²) in [6.07, 6.45) is 2.34. The van der Waals surface area contributed by atoms with Gasteiger partial charge in [0, 0.05) is 12.6 Å². The van der Waals surface area contributed by atoms with E-state index in [0.29, 0.717) is 13.0 Å². The Labute approximate surface area is 120 Å². The zero-order valence-corrected chi connectivity index (χ0v) is 12.5. The molecule has 2 atom stereocenters. The Morgan fingerprint density at radius 2 is 2.05 bits per heavy atom. The lowest BCUT2D eigenvalue weighted by molar-refractivity contribution is -0.777. The number of amides is 1. The number of nitrogens with zero attached hydrogens (tertiary/aromatic N) is 1. The van der Waals surface area contributed by atoms with Gasteiger partial charge in [0.05, 0.1) is 0 Å². The Hall–Kier alpha value is -0.440. The fourth-order valence-corrected chi connectivity index (χ4v) is 4.26. The number of likely N-dealkylation sites (tertiary alicyclic amines) is 1. The molecule has 116 valence electrons. The summed E-state index contributed by atoms with van der Waals surface area (Å²) in [7, 11) is 0. The van der Waals surface area contributed by atoms with Gasteiger partial charge in [0.15, 0.2) is 0 Å². The third-order valence-corrected chi connectivity index (χ3v) is 4.60. The van der Waals surface area contributed by atoms with Crippen LogP contribution in [0, 0.1) is 10.8 Å². The maximum Gasteiger partial charge on any atom is 0.397 e. The molecule has 2 bridgehead atoms. The number of hydrogen-bond acceptors (Lipinski definition) is 5. The van der Waals surface area contributed by atoms with E-state index in [-0.39, 0.29) is 16.9 Å². The van der Waals surface area contributed by atoms with Crippen LogP contribution in [0.3, 0.4) is 0 Å². The number of halogens is 2. The van der Waals surface area contributed by atoms with E-state index in [0.717, 1.165) is 12.8 Å². The molecule has 2 unspecified atom stereocenters. The Morgan fingerprint density at radius 1 is 1.40 bits per heavy atom. The van der Waals surface area contributed by atoms with Crippen molar-refractivity contribution in [2.24, 2.45) is 10.8 Å². The monoisotopic (exact) mass is 310 g/mol. The minimum atomic E-state index is -3.82. The number of hydrogen-bond donors (Lipinski definition) is 0. The fourth-order valence-electron chi connectivity index (χ4n) is 3.96. The van der Waals surface area contributed by atoms with Crippen LogP contribution in [0.25, 0.3) is 0 Å². The van der Waals surface area contributed by atoms with Gasteiger partial charge in [-0.05, 0) is 30.1 Å². The summed E-state index contributed by atoms with van der Waals surface area (Å²) in [5.74, 6) is -1.31. The van der Waals surface area contributed by atoms with Crippen molar-refractivity contribution < 1.29 is 28.2 Å². The van der Waals surface area contributed by atoms with Crippen LogP contribution in [0.1, 0.15) is 40.0 Å². The van der Waals surface area contributed by atoms with Crippen molar-refractivity contribution in [2.45, 2.75) is 51.3 Å². The summed E-state index contributed by atoms with van der Waals surface area (Å²) in [6, 6.07) is -0.184. The van der Waals surface area contributed by atoms with Crippen LogP contribution >= 0.6 is 12.0 Å². The molecule has 1 amide bonds. The smallest absolute Gasteiger partial charge is 0.397 e. The molecular formula is C12H18F2NO4S-. The lowest BCUT2D eigenvalue weighted by atomic mass is 9.65. The van der Waals surface area contributed by atoms with Gasteiger partial charge in [0.25, 0.3) is 0 Å². The van der Waals surface area contributed by atoms with Gasteiger partial charge in [-0.2, -0.15) is 13.1 Å². The molecule has 1 saturated heterocycles. The fraction of sp³-hybridized carbons (Fsp3) is 0.917. The predicted molar refractivity (Wildman–Crippen MR) is 65.9 cm³/mol. The molecule has 1 saturated carbocycles. The molecule has 0 aromatic rings. The highest BCUT2D eigenvalue weighted by Gasteiger charge is 2.55. The van der Waals surface area contributed by atoms with Gasteiger partial charge < -0.3 is 10.2 Å². The first kappa shape index (κ1) is 15.9. The lowest BCUT2D eigenvalue weighted by Gasteiger charge is -2.39. The van der Waals surface area contributed by atoms with E-state index in [9.17, 15) is 18.8 Å². The summed E-state index contributed by atoms with van der Waals surface area (Å²) in [5.41, 5.74) is -0.0948. The molecule has 0 radical (unpaired) electrons. The second kappa shape index (κ2) is 5.08. The zero-order valence-electron chi connectivity index (χ0n) is 11.7. The number of rotatable bonds is 4. The van der Waals surface area contributed by atoms with Gasteiger partial charge in [-0.15, -0.1) is 0 Å². The molecule has 2 rings (SSSR count). The Balaban J connectivity index is 2.13. The third kappa shape index (κ3) is 3.08. The van der Waals surface area contributed by atoms with Crippen molar-refractivity contribution >= 4 is 17.9 Å². The summed E-state index contributed by atoms with van der Waals surface area (Å²) in [5, 5.41) is 8.71. The van der Waals surface area contributed by atoms with E-state index in [1.165, 1.54) is 4.90 Å². The Kier molecular flexibility index (Phi) is 4.05. The standard InChI is InChI=1S/C12H19F2NO4S/c1-10(2)4-8-5-11(3,6-10)7-15(8)9(16)12(13,14)20-19-18-17/h8,17H,4-7H2,1-3H3/p-1. The molecule has 0 aromatic heterocycles. The topological polar surface area (TPSA) is 61.8 Å². The minimum absolute atomic E-state index is 0.0315. The van der Waals surface area contributed by atoms with Gasteiger partial charge in [-0.25, -0.2) is 0 Å². The van der Waals surface area contributed by atoms with Crippen molar-refractivity contribution in [3.8, 4) is 0 Å². The van der Waals surface area contributed by atoms with Gasteiger partial charge >= 0.3 is 11.2 Å². The molecule has 5 nitrogen and oxygen atoms in total. The first-order chi connectivity index (χ1) is 9.09. The highest BCUT2D eigenvalue weighted by atomic mass is 32.2. The van der Waals surface area contributed by atoms with Crippen molar-refractivity contribution in [3.05, 3.63) is 0 Å². The van der Waals surface area contributed by atoms with Crippen LogP contribution in [0.4, 0.5) is 8.78 Å². The summed E-state index contributed by atoms with van der Waals surface area (Å²) < 4.78 is 30.9. The molecule has 1 heterocycles. The highest BCUT2D eigenvalue weighted by molar-refractivity contribution is 7.96. The lowest BCUT2D eigenvalue weighted by Crippen LogP contribution is -2.45. The molecule has 1 aliphatic heterocycles. The molecule has 20 heavy (non-hydrogen) atoms. The predicted octanol–water partition coefficient (Wildman–Crippen LogP) is 1.88. The number of alkyl halides is 2. The molecular weight excluding hydrogens is 292 g/mol. The molecule has 1 aliphatic carbocycles. The number of carbonyl (C=O) groups excluding carboxylic acids is 1. The molecule has 8 heteroatoms. The average molecular weight is 310 g/mol. The van der Waals surface area contributed by atoms with E-state index >= 15 is 0 Å². The van der Waals surface area contributed by atoms with E-state index in [1.54, 1.807) is 0 Å². The molecule has 2 fully saturated rings. The van der Waals surface area contributed by atoms with Crippen LogP contribution in [-0.2, 0) is 14.2 Å². The van der Waals surface area contributed by atoms with Crippen LogP contribution in [-0.4, -0.2) is 28.6 Å². The average Bonchev–Trinajstić information content (AvgIpc) is 2.55. The van der Waals surface area contributed by atoms with Crippen LogP contribution in [0.2, 0.25) is 0 Å². The summed E-state index contributed by atoms with van der Waals surface area (Å²) in [6.45, 7) is 6.52. The summed E-state index contributed by atoms with van der Waals surface area (Å²) >= 11 is -0.553. The third-order valence-electron chi connectivity index (χ3n) is 4.09. The highest BCUT2D eigenvalue weighted by Crippen LogP contribution is 2.53. The van der Waals surface area contributed by atoms with E-state index in [4.69, 9.17) is 0 Å². The SMILES string of the molecule is CC1(C)CC2CC(C)(CN2C(=O)C(F)(F)SOO[O-])C1. The first-order valence-corrected chi connectivity index (χ1v) is 7.16. The minimum Gasteiger partial charge on any atom is -0.691 e. The maximum atomic E-state index is 13.7. The maximum absolute atomic E-state index is 13.7. The Bertz CT molecular complexity index is 407. The van der Waals surface area contributed by atoms with Crippen molar-refractivity contribution in [1.82, 2.24) is 4.90 Å². The molecule has 0 spiro atoms. The Morgan fingerprint density at radius 3 is 2.65 bits per heavy atom. The second-order valence-electron chi connectivity index (χ2n) is 6.88. The van der Waals surface area contributed by atoms with E-state index < -0.39 is 23.2 Å². The van der Waals surface area contributed by atoms with Gasteiger partial charge in [-0.3, -0.25) is 9.83 Å². The van der Waals surface area contributed by atoms with Gasteiger partial charge in [0.2, 0.25) is 0 Å². The van der Waals surface area contributed by atoms with Crippen LogP contribution in [0.15, 0.2) is 0 Å². The van der Waals surface area contributed by atoms with Crippen molar-refractivity contribution in [2.75, 3.05) is 6.54 Å². The second-order valence-corrected chi connectivity index (χ2v) is 7.70. The van der Waals surface area contributed by atoms with Crippen LogP contribution in [0.5, 0.6) is 0 Å². The normalized spacial score (nSPS) is 32.5. The van der Waals surface area contributed by atoms with Gasteiger partial charge in [0.1, 0.15) is 12.0 Å². The largest absolute Gasteiger partial charge is 0.691 e. The number of carbonyl (C=O) groups is 1. The number of fused-ring (bicyclic) bond motifs is 2. The molecule has 0 aromatic carbocycles. The summed E-state index contributed by atoms with van der Waals surface area (Å²) in [4.78, 5) is 13.2. The quantitative estimate of drug-likeness (QED) is 0.451. The van der Waals surface area contributed by atoms with Gasteiger partial charge in [-0.1, -0.05) is 20.8 Å². The molecule has 0 N–H and O–H groups in total. The van der Waals surface area contributed by atoms with Crippen molar-refractivity contribution in [3.63, 3.8) is 0 Å². The molecule has 2 aliphatic rings. The van der Waals surface area contributed by atoms with Crippen LogP contribution < -0.4 is 5.26 Å². The van der Waals surface area contributed by atoms with Crippen molar-refractivity contribution in [1.29, 1.82) is 0 Å². The zero-order chi connectivity index (χ0) is 15.2. The van der Waals surface area contributed by atoms with E-state index in [2.05, 4.69) is 23.2 Å². The first-order valence-electron chi connectivity index (χ1n) is 6.42.